The average Bonchev–Trinajstić information content (AvgIpc) is 3.31. The van der Waals surface area contributed by atoms with E-state index in [0.717, 1.165) is 22.7 Å². The first kappa shape index (κ1) is 16.5. The van der Waals surface area contributed by atoms with Crippen molar-refractivity contribution >= 4 is 11.6 Å². The molecule has 1 aliphatic heterocycles. The number of aromatic nitrogens is 5. The van der Waals surface area contributed by atoms with Gasteiger partial charge in [-0.2, -0.15) is 0 Å². The van der Waals surface area contributed by atoms with Crippen LogP contribution in [0.3, 0.4) is 0 Å². The molecule has 0 bridgehead atoms. The fourth-order valence-electron chi connectivity index (χ4n) is 3.60. The van der Waals surface area contributed by atoms with Gasteiger partial charge < -0.3 is 15.0 Å². The number of hydrogen-bond acceptors (Lipinski definition) is 5. The van der Waals surface area contributed by atoms with Gasteiger partial charge in [0.25, 0.3) is 5.91 Å². The lowest BCUT2D eigenvalue weighted by molar-refractivity contribution is 0.0950. The van der Waals surface area contributed by atoms with Gasteiger partial charge in [-0.15, -0.1) is 10.2 Å². The van der Waals surface area contributed by atoms with E-state index in [4.69, 9.17) is 4.74 Å². The molecule has 4 aromatic rings. The quantitative estimate of drug-likeness (QED) is 0.573. The topological polar surface area (TPSA) is 97.2 Å². The van der Waals surface area contributed by atoms with Crippen LogP contribution in [-0.2, 0) is 6.42 Å². The summed E-state index contributed by atoms with van der Waals surface area (Å²) in [5.41, 5.74) is 3.04. The number of aromatic amines is 1. The average molecular weight is 374 g/mol. The minimum atomic E-state index is -0.184. The molecule has 1 amide bonds. The van der Waals surface area contributed by atoms with Crippen molar-refractivity contribution in [1.29, 1.82) is 0 Å². The Morgan fingerprint density at radius 1 is 1.18 bits per heavy atom. The zero-order valence-electron chi connectivity index (χ0n) is 15.2. The number of rotatable bonds is 3. The molecule has 140 valence electrons. The van der Waals surface area contributed by atoms with Gasteiger partial charge in [0.1, 0.15) is 11.4 Å². The highest BCUT2D eigenvalue weighted by molar-refractivity contribution is 5.94. The van der Waals surface area contributed by atoms with Crippen molar-refractivity contribution in [2.45, 2.75) is 12.3 Å². The normalized spacial score (nSPS) is 16.5. The molecule has 4 heterocycles. The number of ether oxygens (including phenoxy) is 1. The number of fused-ring (bicyclic) bond motifs is 2. The first-order valence-electron chi connectivity index (χ1n) is 9.04. The predicted molar refractivity (Wildman–Crippen MR) is 102 cm³/mol. The molecular formula is C20H18N6O2. The maximum absolute atomic E-state index is 12.6. The summed E-state index contributed by atoms with van der Waals surface area (Å²) in [6.07, 6.45) is 2.53. The third-order valence-corrected chi connectivity index (χ3v) is 5.04. The monoisotopic (exact) mass is 374 g/mol. The third-order valence-electron chi connectivity index (χ3n) is 5.04. The van der Waals surface area contributed by atoms with E-state index in [9.17, 15) is 4.79 Å². The number of carbonyl (C=O) groups is 1. The molecule has 0 saturated carbocycles. The van der Waals surface area contributed by atoms with Crippen molar-refractivity contribution in [2.75, 3.05) is 13.7 Å². The predicted octanol–water partition coefficient (Wildman–Crippen LogP) is 2.20. The Labute approximate surface area is 160 Å². The Morgan fingerprint density at radius 3 is 3.00 bits per heavy atom. The van der Waals surface area contributed by atoms with Crippen molar-refractivity contribution in [1.82, 2.24) is 29.9 Å². The van der Waals surface area contributed by atoms with Crippen molar-refractivity contribution in [3.05, 3.63) is 65.6 Å². The lowest BCUT2D eigenvalue weighted by atomic mass is 9.94. The van der Waals surface area contributed by atoms with Crippen LogP contribution >= 0.6 is 0 Å². The molecule has 1 aromatic carbocycles. The second-order valence-electron chi connectivity index (χ2n) is 6.75. The first-order chi connectivity index (χ1) is 13.7. The number of carbonyl (C=O) groups excluding carboxylic acids is 1. The number of H-pyrrole nitrogens is 1. The number of benzene rings is 1. The number of methoxy groups -OCH3 is 1. The van der Waals surface area contributed by atoms with Crippen molar-refractivity contribution in [2.24, 2.45) is 0 Å². The molecule has 0 radical (unpaired) electrons. The number of hydrogen-bond donors (Lipinski definition) is 2. The van der Waals surface area contributed by atoms with Crippen LogP contribution in [0.4, 0.5) is 0 Å². The minimum Gasteiger partial charge on any atom is -0.497 e. The van der Waals surface area contributed by atoms with Gasteiger partial charge >= 0.3 is 0 Å². The van der Waals surface area contributed by atoms with Crippen LogP contribution in [0.2, 0.25) is 0 Å². The molecule has 0 fully saturated rings. The maximum atomic E-state index is 12.6. The molecule has 1 atom stereocenters. The van der Waals surface area contributed by atoms with Crippen molar-refractivity contribution in [3.8, 4) is 17.4 Å². The summed E-state index contributed by atoms with van der Waals surface area (Å²) in [5, 5.41) is 11.4. The fourth-order valence-corrected chi connectivity index (χ4v) is 3.60. The molecular weight excluding hydrogens is 356 g/mol. The molecule has 0 saturated heterocycles. The molecule has 0 unspecified atom stereocenters. The number of pyridine rings is 1. The molecule has 8 heteroatoms. The number of nitrogens with zero attached hydrogens (tertiary/aromatic N) is 4. The number of amides is 1. The molecule has 2 N–H and O–H groups in total. The van der Waals surface area contributed by atoms with Gasteiger partial charge in [-0.3, -0.25) is 9.20 Å². The van der Waals surface area contributed by atoms with Gasteiger partial charge in [-0.1, -0.05) is 18.2 Å². The smallest absolute Gasteiger partial charge is 0.271 e. The van der Waals surface area contributed by atoms with E-state index >= 15 is 0 Å². The maximum Gasteiger partial charge on any atom is 0.271 e. The van der Waals surface area contributed by atoms with Crippen LogP contribution in [0.25, 0.3) is 17.3 Å². The number of imidazole rings is 1. The van der Waals surface area contributed by atoms with Gasteiger partial charge in [0, 0.05) is 24.4 Å². The summed E-state index contributed by atoms with van der Waals surface area (Å²) in [7, 11) is 1.65. The van der Waals surface area contributed by atoms with E-state index in [1.165, 1.54) is 0 Å². The Balaban J connectivity index is 1.54. The van der Waals surface area contributed by atoms with E-state index < -0.39 is 0 Å². The molecule has 28 heavy (non-hydrogen) atoms. The van der Waals surface area contributed by atoms with Crippen LogP contribution < -0.4 is 10.1 Å². The lowest BCUT2D eigenvalue weighted by Gasteiger charge is -2.15. The second-order valence-corrected chi connectivity index (χ2v) is 6.75. The van der Waals surface area contributed by atoms with E-state index in [1.807, 2.05) is 53.1 Å². The zero-order chi connectivity index (χ0) is 19.1. The highest BCUT2D eigenvalue weighted by Gasteiger charge is 2.27. The lowest BCUT2D eigenvalue weighted by Crippen LogP contribution is -2.26. The zero-order valence-corrected chi connectivity index (χ0v) is 15.2. The molecule has 8 nitrogen and oxygen atoms in total. The van der Waals surface area contributed by atoms with Gasteiger partial charge in [-0.25, -0.2) is 4.98 Å². The molecule has 5 rings (SSSR count). The molecule has 1 aliphatic rings. The van der Waals surface area contributed by atoms with E-state index in [1.54, 1.807) is 7.11 Å². The van der Waals surface area contributed by atoms with Crippen LogP contribution in [0, 0.1) is 0 Å². The van der Waals surface area contributed by atoms with Crippen molar-refractivity contribution in [3.63, 3.8) is 0 Å². The van der Waals surface area contributed by atoms with Gasteiger partial charge in [-0.05, 0) is 36.2 Å². The van der Waals surface area contributed by atoms with Gasteiger partial charge in [0.15, 0.2) is 11.5 Å². The standard InChI is InChI=1S/C20H18N6O2/c1-28-14-6-4-5-12(9-14)13-10-15-17(20(27)21-11-13)23-18(22-15)19-25-24-16-7-2-3-8-26(16)19/h2-9,13H,10-11H2,1H3,(H,21,27)(H,22,23)/t13-/m0/s1. The van der Waals surface area contributed by atoms with Gasteiger partial charge in [0.2, 0.25) is 5.82 Å². The van der Waals surface area contributed by atoms with E-state index in [0.29, 0.717) is 30.3 Å². The van der Waals surface area contributed by atoms with E-state index in [2.05, 4.69) is 25.5 Å². The highest BCUT2D eigenvalue weighted by atomic mass is 16.5. The molecule has 0 aliphatic carbocycles. The summed E-state index contributed by atoms with van der Waals surface area (Å²) in [6, 6.07) is 13.6. The minimum absolute atomic E-state index is 0.115. The van der Waals surface area contributed by atoms with Gasteiger partial charge in [0.05, 0.1) is 7.11 Å². The summed E-state index contributed by atoms with van der Waals surface area (Å²) in [6.45, 7) is 0.541. The Kier molecular flexibility index (Phi) is 3.82. The summed E-state index contributed by atoms with van der Waals surface area (Å²) >= 11 is 0. The third kappa shape index (κ3) is 2.70. The Morgan fingerprint density at radius 2 is 2.11 bits per heavy atom. The summed E-state index contributed by atoms with van der Waals surface area (Å²) < 4.78 is 7.18. The van der Waals surface area contributed by atoms with Crippen LogP contribution in [-0.4, -0.2) is 44.1 Å². The number of nitrogens with one attached hydrogen (secondary N) is 2. The Bertz CT molecular complexity index is 1180. The molecule has 3 aromatic heterocycles. The summed E-state index contributed by atoms with van der Waals surface area (Å²) in [4.78, 5) is 20.4. The first-order valence-corrected chi connectivity index (χ1v) is 9.04. The second kappa shape index (κ2) is 6.49. The highest BCUT2D eigenvalue weighted by Crippen LogP contribution is 2.28. The Hall–Kier alpha value is -3.68. The largest absolute Gasteiger partial charge is 0.497 e. The van der Waals surface area contributed by atoms with Crippen LogP contribution in [0.1, 0.15) is 27.7 Å². The summed E-state index contributed by atoms with van der Waals surface area (Å²) in [5.74, 6) is 1.84. The SMILES string of the molecule is COc1cccc([C@@H]2CNC(=O)c3nc(-c4nnc5ccccn45)[nH]c3C2)c1. The van der Waals surface area contributed by atoms with Crippen molar-refractivity contribution < 1.29 is 9.53 Å². The van der Waals surface area contributed by atoms with E-state index in [-0.39, 0.29) is 11.8 Å². The molecule has 0 spiro atoms. The van der Waals surface area contributed by atoms with Crippen LogP contribution in [0.5, 0.6) is 5.75 Å². The fraction of sp³-hybridized carbons (Fsp3) is 0.200. The van der Waals surface area contributed by atoms with Crippen LogP contribution in [0.15, 0.2) is 48.7 Å².